The molecule has 1 amide bonds. The summed E-state index contributed by atoms with van der Waals surface area (Å²) in [5, 5.41) is 14.2. The summed E-state index contributed by atoms with van der Waals surface area (Å²) >= 11 is 0. The smallest absolute Gasteiger partial charge is 0.286 e. The predicted octanol–water partition coefficient (Wildman–Crippen LogP) is 4.94. The zero-order valence-electron chi connectivity index (χ0n) is 17.7. The van der Waals surface area contributed by atoms with Crippen molar-refractivity contribution in [1.29, 1.82) is 0 Å². The van der Waals surface area contributed by atoms with E-state index in [9.17, 15) is 19.3 Å². The molecule has 0 radical (unpaired) electrons. The van der Waals surface area contributed by atoms with Crippen LogP contribution < -0.4 is 14.8 Å². The molecule has 168 valence electrons. The highest BCUT2D eigenvalue weighted by atomic mass is 19.1. The average Bonchev–Trinajstić information content (AvgIpc) is 3.22. The second-order valence-electron chi connectivity index (χ2n) is 6.99. The van der Waals surface area contributed by atoms with E-state index in [0.717, 1.165) is 6.07 Å². The molecule has 0 saturated heterocycles. The van der Waals surface area contributed by atoms with Gasteiger partial charge in [-0.05, 0) is 37.3 Å². The Morgan fingerprint density at radius 3 is 2.70 bits per heavy atom. The first kappa shape index (κ1) is 21.8. The first-order valence-corrected chi connectivity index (χ1v) is 9.96. The SMILES string of the molecule is CCOc1cc(C(=O)Nc2ccc3nc(-c4cccc(F)c4)[nH]c3c2)c([N+](=O)[O-])cc1OC. The van der Waals surface area contributed by atoms with Gasteiger partial charge in [-0.1, -0.05) is 12.1 Å². The Bertz CT molecular complexity index is 1370. The van der Waals surface area contributed by atoms with Crippen molar-refractivity contribution in [1.82, 2.24) is 9.97 Å². The molecule has 33 heavy (non-hydrogen) atoms. The summed E-state index contributed by atoms with van der Waals surface area (Å²) in [5.41, 5.74) is 1.60. The first-order chi connectivity index (χ1) is 15.9. The first-order valence-electron chi connectivity index (χ1n) is 9.96. The maximum atomic E-state index is 13.5. The molecule has 4 rings (SSSR count). The molecule has 0 aliphatic heterocycles. The quantitative estimate of drug-likeness (QED) is 0.304. The molecule has 0 atom stereocenters. The summed E-state index contributed by atoms with van der Waals surface area (Å²) in [4.78, 5) is 31.3. The molecule has 0 saturated carbocycles. The van der Waals surface area contributed by atoms with E-state index >= 15 is 0 Å². The van der Waals surface area contributed by atoms with Crippen molar-refractivity contribution >= 4 is 28.3 Å². The number of halogens is 1. The highest BCUT2D eigenvalue weighted by molar-refractivity contribution is 6.08. The van der Waals surface area contributed by atoms with Crippen molar-refractivity contribution in [3.8, 4) is 22.9 Å². The lowest BCUT2D eigenvalue weighted by Crippen LogP contribution is -2.14. The summed E-state index contributed by atoms with van der Waals surface area (Å²) in [6.45, 7) is 2.04. The monoisotopic (exact) mass is 450 g/mol. The van der Waals surface area contributed by atoms with Gasteiger partial charge in [0.25, 0.3) is 11.6 Å². The third-order valence-corrected chi connectivity index (χ3v) is 4.86. The summed E-state index contributed by atoms with van der Waals surface area (Å²) in [6.07, 6.45) is 0. The van der Waals surface area contributed by atoms with E-state index in [1.54, 1.807) is 37.3 Å². The van der Waals surface area contributed by atoms with Gasteiger partial charge in [0.1, 0.15) is 17.2 Å². The number of nitro groups is 1. The number of carbonyl (C=O) groups is 1. The number of H-pyrrole nitrogens is 1. The number of carbonyl (C=O) groups excluding carboxylic acids is 1. The molecule has 0 fully saturated rings. The van der Waals surface area contributed by atoms with Crippen LogP contribution in [0.3, 0.4) is 0 Å². The van der Waals surface area contributed by atoms with Gasteiger partial charge in [0.05, 0.1) is 35.7 Å². The summed E-state index contributed by atoms with van der Waals surface area (Å²) in [7, 11) is 1.36. The third-order valence-electron chi connectivity index (χ3n) is 4.86. The van der Waals surface area contributed by atoms with E-state index in [-0.39, 0.29) is 22.9 Å². The van der Waals surface area contributed by atoms with Crippen LogP contribution in [-0.2, 0) is 0 Å². The number of methoxy groups -OCH3 is 1. The zero-order chi connectivity index (χ0) is 23.5. The van der Waals surface area contributed by atoms with E-state index < -0.39 is 16.5 Å². The van der Waals surface area contributed by atoms with Crippen molar-refractivity contribution in [2.75, 3.05) is 19.0 Å². The van der Waals surface area contributed by atoms with Crippen molar-refractivity contribution in [3.63, 3.8) is 0 Å². The topological polar surface area (TPSA) is 119 Å². The molecule has 4 aromatic rings. The molecule has 1 heterocycles. The molecular formula is C23H19FN4O5. The highest BCUT2D eigenvalue weighted by Gasteiger charge is 2.25. The summed E-state index contributed by atoms with van der Waals surface area (Å²) < 4.78 is 24.1. The van der Waals surface area contributed by atoms with Crippen molar-refractivity contribution in [2.24, 2.45) is 0 Å². The van der Waals surface area contributed by atoms with Crippen LogP contribution in [0, 0.1) is 15.9 Å². The lowest BCUT2D eigenvalue weighted by molar-refractivity contribution is -0.385. The number of aromatic amines is 1. The molecule has 3 aromatic carbocycles. The number of ether oxygens (including phenoxy) is 2. The molecule has 0 aliphatic rings. The Kier molecular flexibility index (Phi) is 5.90. The Balaban J connectivity index is 1.66. The number of amides is 1. The van der Waals surface area contributed by atoms with Crippen LogP contribution in [0.25, 0.3) is 22.4 Å². The lowest BCUT2D eigenvalue weighted by atomic mass is 10.1. The lowest BCUT2D eigenvalue weighted by Gasteiger charge is -2.12. The Morgan fingerprint density at radius 2 is 2.00 bits per heavy atom. The van der Waals surface area contributed by atoms with Crippen LogP contribution in [0.2, 0.25) is 0 Å². The molecule has 0 unspecified atom stereocenters. The highest BCUT2D eigenvalue weighted by Crippen LogP contribution is 2.35. The van der Waals surface area contributed by atoms with Gasteiger partial charge in [-0.3, -0.25) is 14.9 Å². The van der Waals surface area contributed by atoms with Crippen LogP contribution in [-0.4, -0.2) is 34.5 Å². The minimum atomic E-state index is -0.686. The number of hydrogen-bond acceptors (Lipinski definition) is 6. The number of benzene rings is 3. The van der Waals surface area contributed by atoms with Crippen LogP contribution in [0.4, 0.5) is 15.8 Å². The van der Waals surface area contributed by atoms with Gasteiger partial charge in [-0.15, -0.1) is 0 Å². The van der Waals surface area contributed by atoms with E-state index in [1.165, 1.54) is 25.3 Å². The number of nitro benzene ring substituents is 1. The minimum absolute atomic E-state index is 0.156. The van der Waals surface area contributed by atoms with E-state index in [1.807, 2.05) is 0 Å². The van der Waals surface area contributed by atoms with Crippen LogP contribution in [0.1, 0.15) is 17.3 Å². The van der Waals surface area contributed by atoms with Gasteiger partial charge in [0, 0.05) is 17.3 Å². The Morgan fingerprint density at radius 1 is 1.18 bits per heavy atom. The maximum Gasteiger partial charge on any atom is 0.286 e. The standard InChI is InChI=1S/C23H19FN4O5/c1-3-33-21-11-16(19(28(30)31)12-20(21)32-2)23(29)25-15-7-8-17-18(10-15)27-22(26-17)13-5-4-6-14(24)9-13/h4-12H,3H2,1-2H3,(H,25,29)(H,26,27). The van der Waals surface area contributed by atoms with E-state index in [4.69, 9.17) is 9.47 Å². The van der Waals surface area contributed by atoms with Crippen LogP contribution in [0.5, 0.6) is 11.5 Å². The van der Waals surface area contributed by atoms with Gasteiger partial charge < -0.3 is 19.8 Å². The molecular weight excluding hydrogens is 431 g/mol. The molecule has 1 aromatic heterocycles. The number of imidazole rings is 1. The van der Waals surface area contributed by atoms with Gasteiger partial charge in [-0.2, -0.15) is 0 Å². The van der Waals surface area contributed by atoms with Crippen molar-refractivity contribution in [3.05, 3.63) is 76.1 Å². The number of fused-ring (bicyclic) bond motifs is 1. The second kappa shape index (κ2) is 8.95. The number of anilines is 1. The Labute approximate surface area is 187 Å². The average molecular weight is 450 g/mol. The molecule has 0 spiro atoms. The molecule has 9 nitrogen and oxygen atoms in total. The predicted molar refractivity (Wildman–Crippen MR) is 120 cm³/mol. The fraction of sp³-hybridized carbons (Fsp3) is 0.130. The maximum absolute atomic E-state index is 13.5. The summed E-state index contributed by atoms with van der Waals surface area (Å²) in [5.74, 6) is -0.216. The third kappa shape index (κ3) is 4.45. The van der Waals surface area contributed by atoms with Crippen molar-refractivity contribution < 1.29 is 23.6 Å². The minimum Gasteiger partial charge on any atom is -0.493 e. The van der Waals surface area contributed by atoms with Gasteiger partial charge >= 0.3 is 0 Å². The fourth-order valence-corrected chi connectivity index (χ4v) is 3.37. The molecule has 0 aliphatic carbocycles. The largest absolute Gasteiger partial charge is 0.493 e. The van der Waals surface area contributed by atoms with Gasteiger partial charge in [0.15, 0.2) is 11.5 Å². The molecule has 10 heteroatoms. The number of nitrogens with zero attached hydrogens (tertiary/aromatic N) is 2. The zero-order valence-corrected chi connectivity index (χ0v) is 17.7. The number of rotatable bonds is 7. The van der Waals surface area contributed by atoms with E-state index in [0.29, 0.717) is 34.7 Å². The number of nitrogens with one attached hydrogen (secondary N) is 2. The second-order valence-corrected chi connectivity index (χ2v) is 6.99. The normalized spacial score (nSPS) is 10.8. The van der Waals surface area contributed by atoms with Gasteiger partial charge in [0.2, 0.25) is 0 Å². The van der Waals surface area contributed by atoms with Gasteiger partial charge in [-0.25, -0.2) is 9.37 Å². The van der Waals surface area contributed by atoms with E-state index in [2.05, 4.69) is 15.3 Å². The molecule has 2 N–H and O–H groups in total. The van der Waals surface area contributed by atoms with Crippen LogP contribution in [0.15, 0.2) is 54.6 Å². The van der Waals surface area contributed by atoms with Crippen LogP contribution >= 0.6 is 0 Å². The molecule has 0 bridgehead atoms. The fourth-order valence-electron chi connectivity index (χ4n) is 3.37. The number of hydrogen-bond donors (Lipinski definition) is 2. The Hall–Kier alpha value is -4.47. The van der Waals surface area contributed by atoms with Crippen molar-refractivity contribution in [2.45, 2.75) is 6.92 Å². The summed E-state index contributed by atoms with van der Waals surface area (Å²) in [6, 6.07) is 13.4. The number of aromatic nitrogens is 2.